The van der Waals surface area contributed by atoms with Gasteiger partial charge >= 0.3 is 5.97 Å². The van der Waals surface area contributed by atoms with Gasteiger partial charge in [0.25, 0.3) is 5.91 Å². The van der Waals surface area contributed by atoms with E-state index in [1.165, 1.54) is 12.4 Å². The number of amides is 1. The van der Waals surface area contributed by atoms with Crippen LogP contribution in [0.3, 0.4) is 0 Å². The number of hydrogen-bond donors (Lipinski definition) is 2. The van der Waals surface area contributed by atoms with E-state index in [1.807, 2.05) is 60.7 Å². The van der Waals surface area contributed by atoms with Crippen molar-refractivity contribution in [2.24, 2.45) is 0 Å². The van der Waals surface area contributed by atoms with Crippen molar-refractivity contribution in [3.63, 3.8) is 0 Å². The molecule has 0 spiro atoms. The zero-order valence-corrected chi connectivity index (χ0v) is 13.2. The summed E-state index contributed by atoms with van der Waals surface area (Å²) in [6.45, 7) is 0. The van der Waals surface area contributed by atoms with Crippen molar-refractivity contribution >= 4 is 11.9 Å². The molecule has 0 radical (unpaired) electrons. The highest BCUT2D eigenvalue weighted by molar-refractivity contribution is 6.02. The fraction of sp³-hybridized carbons (Fsp3) is 0.0526. The van der Waals surface area contributed by atoms with Gasteiger partial charge in [0, 0.05) is 12.4 Å². The van der Waals surface area contributed by atoms with Crippen molar-refractivity contribution in [1.82, 2.24) is 15.3 Å². The first-order valence-electron chi connectivity index (χ1n) is 7.62. The summed E-state index contributed by atoms with van der Waals surface area (Å²) in [5, 5.41) is 12.1. The second-order valence-electron chi connectivity index (χ2n) is 5.29. The lowest BCUT2D eigenvalue weighted by Crippen LogP contribution is -2.31. The van der Waals surface area contributed by atoms with Crippen LogP contribution in [-0.4, -0.2) is 27.0 Å². The van der Waals surface area contributed by atoms with Crippen LogP contribution in [0.1, 0.15) is 38.1 Å². The molecule has 0 fully saturated rings. The third-order valence-electron chi connectivity index (χ3n) is 3.66. The number of benzene rings is 2. The monoisotopic (exact) mass is 333 g/mol. The Morgan fingerprint density at radius 1 is 0.800 bits per heavy atom. The molecule has 1 heterocycles. The Morgan fingerprint density at radius 3 is 1.76 bits per heavy atom. The molecule has 6 nitrogen and oxygen atoms in total. The standard InChI is InChI=1S/C19H15N3O3/c23-18(16-17(19(24)25)21-12-11-20-16)22-15(13-7-3-1-4-8-13)14-9-5-2-6-10-14/h1-12,15H,(H,22,23)(H,24,25). The number of rotatable bonds is 5. The Hall–Kier alpha value is -3.54. The lowest BCUT2D eigenvalue weighted by atomic mass is 9.98. The van der Waals surface area contributed by atoms with E-state index in [0.29, 0.717) is 0 Å². The van der Waals surface area contributed by atoms with E-state index in [1.54, 1.807) is 0 Å². The zero-order chi connectivity index (χ0) is 17.6. The maximum atomic E-state index is 12.7. The van der Waals surface area contributed by atoms with Crippen LogP contribution < -0.4 is 5.32 Å². The number of aromatic carboxylic acids is 1. The SMILES string of the molecule is O=C(O)c1nccnc1C(=O)NC(c1ccccc1)c1ccccc1. The van der Waals surface area contributed by atoms with Crippen molar-refractivity contribution < 1.29 is 14.7 Å². The summed E-state index contributed by atoms with van der Waals surface area (Å²) in [4.78, 5) is 31.5. The molecular weight excluding hydrogens is 318 g/mol. The molecule has 0 aliphatic rings. The third kappa shape index (κ3) is 3.69. The van der Waals surface area contributed by atoms with Crippen LogP contribution in [0.4, 0.5) is 0 Å². The smallest absolute Gasteiger partial charge is 0.356 e. The maximum Gasteiger partial charge on any atom is 0.356 e. The highest BCUT2D eigenvalue weighted by Gasteiger charge is 2.23. The first kappa shape index (κ1) is 16.3. The average molecular weight is 333 g/mol. The molecule has 2 aromatic carbocycles. The molecule has 25 heavy (non-hydrogen) atoms. The minimum atomic E-state index is -1.30. The molecular formula is C19H15N3O3. The van der Waals surface area contributed by atoms with Crippen molar-refractivity contribution in [2.75, 3.05) is 0 Å². The molecule has 2 N–H and O–H groups in total. The van der Waals surface area contributed by atoms with E-state index < -0.39 is 17.9 Å². The average Bonchev–Trinajstić information content (AvgIpc) is 2.67. The van der Waals surface area contributed by atoms with Gasteiger partial charge in [-0.15, -0.1) is 0 Å². The molecule has 1 amide bonds. The number of hydrogen-bond acceptors (Lipinski definition) is 4. The summed E-state index contributed by atoms with van der Waals surface area (Å²) in [6.07, 6.45) is 2.54. The highest BCUT2D eigenvalue weighted by atomic mass is 16.4. The molecule has 6 heteroatoms. The molecule has 124 valence electrons. The second kappa shape index (κ2) is 7.35. The van der Waals surface area contributed by atoms with Crippen molar-refractivity contribution in [3.05, 3.63) is 95.6 Å². The molecule has 0 bridgehead atoms. The van der Waals surface area contributed by atoms with Crippen LogP contribution in [0, 0.1) is 0 Å². The second-order valence-corrected chi connectivity index (χ2v) is 5.29. The summed E-state index contributed by atoms with van der Waals surface area (Å²) in [5.74, 6) is -1.89. The zero-order valence-electron chi connectivity index (χ0n) is 13.2. The normalized spacial score (nSPS) is 10.4. The van der Waals surface area contributed by atoms with Crippen LogP contribution in [0.5, 0.6) is 0 Å². The Bertz CT molecular complexity index is 843. The summed E-state index contributed by atoms with van der Waals surface area (Å²) in [5.41, 5.74) is 1.16. The Morgan fingerprint density at radius 2 is 1.28 bits per heavy atom. The lowest BCUT2D eigenvalue weighted by molar-refractivity contribution is 0.0682. The van der Waals surface area contributed by atoms with E-state index in [0.717, 1.165) is 11.1 Å². The van der Waals surface area contributed by atoms with Gasteiger partial charge in [-0.05, 0) is 11.1 Å². The minimum Gasteiger partial charge on any atom is -0.476 e. The first-order valence-corrected chi connectivity index (χ1v) is 7.62. The number of carbonyl (C=O) groups is 2. The van der Waals surface area contributed by atoms with Gasteiger partial charge in [0.2, 0.25) is 0 Å². The topological polar surface area (TPSA) is 92.2 Å². The van der Waals surface area contributed by atoms with Crippen LogP contribution in [-0.2, 0) is 0 Å². The molecule has 1 aromatic heterocycles. The van der Waals surface area contributed by atoms with Gasteiger partial charge in [0.15, 0.2) is 11.4 Å². The third-order valence-corrected chi connectivity index (χ3v) is 3.66. The first-order chi connectivity index (χ1) is 12.2. The molecule has 3 aromatic rings. The maximum absolute atomic E-state index is 12.7. The lowest BCUT2D eigenvalue weighted by Gasteiger charge is -2.20. The van der Waals surface area contributed by atoms with Gasteiger partial charge in [-0.1, -0.05) is 60.7 Å². The molecule has 0 unspecified atom stereocenters. The van der Waals surface area contributed by atoms with Crippen LogP contribution >= 0.6 is 0 Å². The summed E-state index contributed by atoms with van der Waals surface area (Å²) in [7, 11) is 0. The predicted octanol–water partition coefficient (Wildman–Crippen LogP) is 2.69. The number of carbonyl (C=O) groups excluding carboxylic acids is 1. The molecule has 0 saturated carbocycles. The van der Waals surface area contributed by atoms with E-state index in [4.69, 9.17) is 0 Å². The fourth-order valence-electron chi connectivity index (χ4n) is 2.51. The van der Waals surface area contributed by atoms with Crippen molar-refractivity contribution in [3.8, 4) is 0 Å². The van der Waals surface area contributed by atoms with Crippen molar-refractivity contribution in [1.29, 1.82) is 0 Å². The summed E-state index contributed by atoms with van der Waals surface area (Å²) >= 11 is 0. The van der Waals surface area contributed by atoms with Gasteiger partial charge in [-0.3, -0.25) is 4.79 Å². The molecule has 3 rings (SSSR count). The van der Waals surface area contributed by atoms with Crippen LogP contribution in [0.25, 0.3) is 0 Å². The summed E-state index contributed by atoms with van der Waals surface area (Å²) < 4.78 is 0. The Balaban J connectivity index is 1.97. The number of carboxylic acid groups (broad SMARTS) is 1. The van der Waals surface area contributed by atoms with Crippen LogP contribution in [0.2, 0.25) is 0 Å². The van der Waals surface area contributed by atoms with E-state index in [2.05, 4.69) is 15.3 Å². The van der Waals surface area contributed by atoms with Gasteiger partial charge in [0.05, 0.1) is 6.04 Å². The highest BCUT2D eigenvalue weighted by Crippen LogP contribution is 2.22. The molecule has 0 atom stereocenters. The molecule has 0 aliphatic heterocycles. The fourth-order valence-corrected chi connectivity index (χ4v) is 2.51. The van der Waals surface area contributed by atoms with E-state index >= 15 is 0 Å². The number of carboxylic acids is 1. The Labute approximate surface area is 144 Å². The van der Waals surface area contributed by atoms with Crippen molar-refractivity contribution in [2.45, 2.75) is 6.04 Å². The summed E-state index contributed by atoms with van der Waals surface area (Å²) in [6, 6.07) is 18.4. The van der Waals surface area contributed by atoms with Crippen LogP contribution in [0.15, 0.2) is 73.1 Å². The largest absolute Gasteiger partial charge is 0.476 e. The predicted molar refractivity (Wildman–Crippen MR) is 91.2 cm³/mol. The number of nitrogens with one attached hydrogen (secondary N) is 1. The Kier molecular flexibility index (Phi) is 4.80. The number of nitrogens with zero attached hydrogens (tertiary/aromatic N) is 2. The quantitative estimate of drug-likeness (QED) is 0.749. The molecule has 0 saturated heterocycles. The van der Waals surface area contributed by atoms with Gasteiger partial charge in [0.1, 0.15) is 0 Å². The minimum absolute atomic E-state index is 0.216. The van der Waals surface area contributed by atoms with E-state index in [-0.39, 0.29) is 11.4 Å². The van der Waals surface area contributed by atoms with E-state index in [9.17, 15) is 14.7 Å². The molecule has 0 aliphatic carbocycles. The number of aromatic nitrogens is 2. The van der Waals surface area contributed by atoms with Gasteiger partial charge in [-0.25, -0.2) is 14.8 Å². The van der Waals surface area contributed by atoms with Gasteiger partial charge in [-0.2, -0.15) is 0 Å². The van der Waals surface area contributed by atoms with Gasteiger partial charge < -0.3 is 10.4 Å².